The van der Waals surface area contributed by atoms with Crippen LogP contribution < -0.4 is 15.5 Å². The molecule has 2 amide bonds. The fraction of sp³-hybridized carbons (Fsp3) is 0.355. The molecule has 0 unspecified atom stereocenters. The number of anilines is 3. The molecule has 9 heteroatoms. The first-order valence-electron chi connectivity index (χ1n) is 13.5. The van der Waals surface area contributed by atoms with Gasteiger partial charge < -0.3 is 20.3 Å². The molecule has 1 saturated carbocycles. The van der Waals surface area contributed by atoms with Crippen LogP contribution in [0.5, 0.6) is 0 Å². The largest absolute Gasteiger partial charge is 0.416 e. The Kier molecular flexibility index (Phi) is 8.12. The monoisotopic (exact) mass is 551 g/mol. The number of halogens is 3. The molecule has 0 radical (unpaired) electrons. The fourth-order valence-corrected chi connectivity index (χ4v) is 5.38. The molecule has 0 spiro atoms. The van der Waals surface area contributed by atoms with Crippen molar-refractivity contribution in [1.82, 2.24) is 0 Å². The highest BCUT2D eigenvalue weighted by atomic mass is 19.4. The number of benzene rings is 3. The first-order chi connectivity index (χ1) is 19.2. The number of alkyl halides is 3. The van der Waals surface area contributed by atoms with Crippen molar-refractivity contribution in [2.45, 2.75) is 63.5 Å². The molecule has 3 aromatic rings. The second kappa shape index (κ2) is 11.7. The molecule has 0 aromatic heterocycles. The Morgan fingerprint density at radius 2 is 1.77 bits per heavy atom. The first-order valence-corrected chi connectivity index (χ1v) is 13.5. The van der Waals surface area contributed by atoms with E-state index in [0.29, 0.717) is 37.2 Å². The molecule has 0 bridgehead atoms. The van der Waals surface area contributed by atoms with Crippen LogP contribution in [-0.2, 0) is 28.7 Å². The summed E-state index contributed by atoms with van der Waals surface area (Å²) in [6.45, 7) is 0.398. The number of hydrogen-bond donors (Lipinski definition) is 2. The van der Waals surface area contributed by atoms with Gasteiger partial charge in [-0.05, 0) is 60.7 Å². The number of carbonyl (C=O) groups is 2. The lowest BCUT2D eigenvalue weighted by molar-refractivity contribution is -0.137. The third kappa shape index (κ3) is 6.31. The molecule has 210 valence electrons. The minimum atomic E-state index is -4.56. The predicted molar refractivity (Wildman–Crippen MR) is 148 cm³/mol. The van der Waals surface area contributed by atoms with Crippen LogP contribution >= 0.6 is 0 Å². The standard InChI is InChI=1S/C31H32F3N3O3/c1-37-27-18-23(14-11-21(27)12-16-29(37)38)35-30(39)24-15-13-22(31(32,33)34)17-26(24)36-25-9-5-6-10-28(25)40-19-20-7-3-2-4-8-20/h2-4,7-8,11,13-15,17-18,25,28,36H,5-6,9-10,12,16,19H2,1H3,(H,35,39)/t25-,28-/m0/s1. The summed E-state index contributed by atoms with van der Waals surface area (Å²) in [6, 6.07) is 17.9. The number of aryl methyl sites for hydroxylation is 1. The van der Waals surface area contributed by atoms with E-state index in [1.807, 2.05) is 36.4 Å². The molecule has 1 heterocycles. The lowest BCUT2D eigenvalue weighted by Gasteiger charge is -2.33. The van der Waals surface area contributed by atoms with Gasteiger partial charge in [0.2, 0.25) is 5.91 Å². The highest BCUT2D eigenvalue weighted by Gasteiger charge is 2.33. The fourth-order valence-electron chi connectivity index (χ4n) is 5.38. The molecule has 2 aliphatic rings. The third-order valence-corrected chi connectivity index (χ3v) is 7.63. The lowest BCUT2D eigenvalue weighted by atomic mass is 9.91. The van der Waals surface area contributed by atoms with E-state index in [0.717, 1.165) is 42.5 Å². The van der Waals surface area contributed by atoms with Crippen molar-refractivity contribution in [3.05, 3.63) is 89.0 Å². The van der Waals surface area contributed by atoms with E-state index in [1.165, 1.54) is 6.07 Å². The summed E-state index contributed by atoms with van der Waals surface area (Å²) in [6.07, 6.45) is -0.381. The molecule has 1 aliphatic carbocycles. The predicted octanol–water partition coefficient (Wildman–Crippen LogP) is 6.81. The third-order valence-electron chi connectivity index (χ3n) is 7.63. The van der Waals surface area contributed by atoms with Crippen LogP contribution in [0.1, 0.15) is 59.2 Å². The zero-order valence-corrected chi connectivity index (χ0v) is 22.3. The summed E-state index contributed by atoms with van der Waals surface area (Å²) in [7, 11) is 1.68. The van der Waals surface area contributed by atoms with Gasteiger partial charge in [-0.15, -0.1) is 0 Å². The maximum Gasteiger partial charge on any atom is 0.416 e. The van der Waals surface area contributed by atoms with Gasteiger partial charge in [0.05, 0.1) is 29.9 Å². The summed E-state index contributed by atoms with van der Waals surface area (Å²) >= 11 is 0. The van der Waals surface area contributed by atoms with Crippen LogP contribution in [0.3, 0.4) is 0 Å². The zero-order valence-electron chi connectivity index (χ0n) is 22.3. The van der Waals surface area contributed by atoms with Crippen LogP contribution in [0.4, 0.5) is 30.2 Å². The molecule has 1 aliphatic heterocycles. The Balaban J connectivity index is 1.38. The van der Waals surface area contributed by atoms with Gasteiger partial charge in [-0.2, -0.15) is 13.2 Å². The Labute approximate surface area is 231 Å². The Morgan fingerprint density at radius 1 is 1.00 bits per heavy atom. The number of fused-ring (bicyclic) bond motifs is 1. The van der Waals surface area contributed by atoms with Crippen molar-refractivity contribution in [3.8, 4) is 0 Å². The molecule has 1 fully saturated rings. The number of hydrogen-bond acceptors (Lipinski definition) is 4. The molecule has 0 saturated heterocycles. The molecule has 40 heavy (non-hydrogen) atoms. The van der Waals surface area contributed by atoms with Crippen LogP contribution in [0.25, 0.3) is 0 Å². The van der Waals surface area contributed by atoms with Crippen molar-refractivity contribution in [2.75, 3.05) is 22.6 Å². The molecular weight excluding hydrogens is 519 g/mol. The second-order valence-corrected chi connectivity index (χ2v) is 10.4. The maximum atomic E-state index is 13.7. The molecule has 5 rings (SSSR count). The SMILES string of the molecule is CN1C(=O)CCc2ccc(NC(=O)c3ccc(C(F)(F)F)cc3N[C@H]3CCCC[C@@H]3OCc3ccccc3)cc21. The van der Waals surface area contributed by atoms with Crippen molar-refractivity contribution < 1.29 is 27.5 Å². The normalized spacial score (nSPS) is 19.2. The van der Waals surface area contributed by atoms with Gasteiger partial charge in [0.1, 0.15) is 0 Å². The first kappa shape index (κ1) is 27.7. The average Bonchev–Trinajstić information content (AvgIpc) is 2.95. The second-order valence-electron chi connectivity index (χ2n) is 10.4. The Hall–Kier alpha value is -3.85. The number of ether oxygens (including phenoxy) is 1. The molecule has 3 aromatic carbocycles. The number of carbonyl (C=O) groups excluding carboxylic acids is 2. The minimum Gasteiger partial charge on any atom is -0.379 e. The van der Waals surface area contributed by atoms with Crippen molar-refractivity contribution >= 4 is 28.9 Å². The minimum absolute atomic E-state index is 0.0123. The van der Waals surface area contributed by atoms with Crippen LogP contribution in [-0.4, -0.2) is 31.0 Å². The van der Waals surface area contributed by atoms with Gasteiger partial charge in [0.15, 0.2) is 0 Å². The summed E-state index contributed by atoms with van der Waals surface area (Å²) in [5.41, 5.74) is 2.55. The van der Waals surface area contributed by atoms with E-state index in [9.17, 15) is 22.8 Å². The maximum absolute atomic E-state index is 13.7. The quantitative estimate of drug-likeness (QED) is 0.339. The van der Waals surface area contributed by atoms with Gasteiger partial charge in [0.25, 0.3) is 5.91 Å². The van der Waals surface area contributed by atoms with Crippen molar-refractivity contribution in [1.29, 1.82) is 0 Å². The number of nitrogens with zero attached hydrogens (tertiary/aromatic N) is 1. The van der Waals surface area contributed by atoms with Gasteiger partial charge in [-0.1, -0.05) is 49.2 Å². The summed E-state index contributed by atoms with van der Waals surface area (Å²) in [5, 5.41) is 6.05. The smallest absolute Gasteiger partial charge is 0.379 e. The molecule has 2 atom stereocenters. The van der Waals surface area contributed by atoms with Gasteiger partial charge in [-0.3, -0.25) is 9.59 Å². The van der Waals surface area contributed by atoms with E-state index in [2.05, 4.69) is 10.6 Å². The number of amides is 2. The highest BCUT2D eigenvalue weighted by molar-refractivity contribution is 6.08. The van der Waals surface area contributed by atoms with Crippen LogP contribution in [0.2, 0.25) is 0 Å². The average molecular weight is 552 g/mol. The Bertz CT molecular complexity index is 1380. The van der Waals surface area contributed by atoms with E-state index < -0.39 is 17.6 Å². The summed E-state index contributed by atoms with van der Waals surface area (Å²) in [5.74, 6) is -0.555. The Morgan fingerprint density at radius 3 is 2.55 bits per heavy atom. The van der Waals surface area contributed by atoms with E-state index >= 15 is 0 Å². The summed E-state index contributed by atoms with van der Waals surface area (Å²) in [4.78, 5) is 27.1. The topological polar surface area (TPSA) is 70.7 Å². The molecule has 2 N–H and O–H groups in total. The van der Waals surface area contributed by atoms with Crippen LogP contribution in [0, 0.1) is 0 Å². The lowest BCUT2D eigenvalue weighted by Crippen LogP contribution is -2.39. The molecular formula is C31H32F3N3O3. The summed E-state index contributed by atoms with van der Waals surface area (Å²) < 4.78 is 47.2. The van der Waals surface area contributed by atoms with E-state index in [1.54, 1.807) is 24.1 Å². The number of nitrogens with one attached hydrogen (secondary N) is 2. The van der Waals surface area contributed by atoms with E-state index in [-0.39, 0.29) is 29.3 Å². The zero-order chi connectivity index (χ0) is 28.3. The van der Waals surface area contributed by atoms with Crippen LogP contribution in [0.15, 0.2) is 66.7 Å². The highest BCUT2D eigenvalue weighted by Crippen LogP contribution is 2.35. The van der Waals surface area contributed by atoms with Gasteiger partial charge >= 0.3 is 6.18 Å². The molecule has 6 nitrogen and oxygen atoms in total. The van der Waals surface area contributed by atoms with Crippen molar-refractivity contribution in [2.24, 2.45) is 0 Å². The number of rotatable bonds is 7. The van der Waals surface area contributed by atoms with Gasteiger partial charge in [-0.25, -0.2) is 0 Å². The van der Waals surface area contributed by atoms with Gasteiger partial charge in [0, 0.05) is 30.5 Å². The van der Waals surface area contributed by atoms with Crippen molar-refractivity contribution in [3.63, 3.8) is 0 Å². The van der Waals surface area contributed by atoms with E-state index in [4.69, 9.17) is 4.74 Å².